The Kier molecular flexibility index (Phi) is 15.5. The number of hydrogen-bond acceptors (Lipinski definition) is 3. The molecule has 0 aromatic heterocycles. The maximum Gasteiger partial charge on any atom is 0.247 e. The molecule has 1 aromatic rings. The van der Waals surface area contributed by atoms with Gasteiger partial charge in [-0.2, -0.15) is 0 Å². The first-order valence-corrected chi connectivity index (χ1v) is 18.0. The van der Waals surface area contributed by atoms with Crippen LogP contribution in [0.25, 0.3) is 0 Å². The van der Waals surface area contributed by atoms with Gasteiger partial charge in [0.05, 0.1) is 6.10 Å². The highest BCUT2D eigenvalue weighted by Gasteiger charge is 2.38. The minimum absolute atomic E-state index is 0.0409. The number of carbonyl (C=O) groups excluding carboxylic acids is 2. The molecule has 0 aliphatic carbocycles. The van der Waals surface area contributed by atoms with E-state index in [1.54, 1.807) is 12.3 Å². The molecule has 7 heteroatoms. The second-order valence-electron chi connectivity index (χ2n) is 13.3. The second kappa shape index (κ2) is 17.4. The normalized spacial score (nSPS) is 15.4. The zero-order chi connectivity index (χ0) is 32.0. The molecule has 0 aliphatic rings. The average molecular weight is 613 g/mol. The van der Waals surface area contributed by atoms with Gasteiger partial charge in [0.15, 0.2) is 8.32 Å². The monoisotopic (exact) mass is 612 g/mol. The number of hydrogen-bond donors (Lipinski definition) is 2. The number of nitrogens with one attached hydrogen (secondary N) is 2. The lowest BCUT2D eigenvalue weighted by atomic mass is 9.86. The van der Waals surface area contributed by atoms with Crippen molar-refractivity contribution in [1.82, 2.24) is 10.6 Å². The van der Waals surface area contributed by atoms with Crippen LogP contribution < -0.4 is 10.6 Å². The summed E-state index contributed by atoms with van der Waals surface area (Å²) in [4.78, 5) is 25.7. The number of carbonyl (C=O) groups is 2. The predicted molar refractivity (Wildman–Crippen MR) is 182 cm³/mol. The highest BCUT2D eigenvalue weighted by molar-refractivity contribution is 6.74. The second-order valence-corrected chi connectivity index (χ2v) is 18.7. The van der Waals surface area contributed by atoms with Gasteiger partial charge >= 0.3 is 0 Å². The Balaban J connectivity index is 2.76. The summed E-state index contributed by atoms with van der Waals surface area (Å²) in [5.41, 5.74) is 1.87. The maximum absolute atomic E-state index is 13.1. The Labute approximate surface area is 261 Å². The van der Waals surface area contributed by atoms with E-state index in [1.165, 1.54) is 11.6 Å². The Hall–Kier alpha value is -2.67. The topological polar surface area (TPSA) is 67.4 Å². The molecule has 2 atom stereocenters. The lowest BCUT2D eigenvalue weighted by Gasteiger charge is -2.39. The summed E-state index contributed by atoms with van der Waals surface area (Å²) in [5.74, 6) is -0.593. The molecule has 1 rings (SSSR count). The summed E-state index contributed by atoms with van der Waals surface area (Å²) in [7, 11) is -1.98. The Morgan fingerprint density at radius 3 is 2.14 bits per heavy atom. The van der Waals surface area contributed by atoms with Crippen molar-refractivity contribution in [2.75, 3.05) is 0 Å². The molecule has 5 nitrogen and oxygen atoms in total. The molecule has 0 bridgehead atoms. The lowest BCUT2D eigenvalue weighted by molar-refractivity contribution is -0.129. The van der Waals surface area contributed by atoms with Crippen LogP contribution in [0, 0.1) is 5.41 Å². The van der Waals surface area contributed by atoms with Crippen molar-refractivity contribution < 1.29 is 14.0 Å². The van der Waals surface area contributed by atoms with Crippen molar-refractivity contribution in [2.45, 2.75) is 105 Å². The van der Waals surface area contributed by atoms with Gasteiger partial charge in [-0.05, 0) is 68.4 Å². The molecule has 42 heavy (non-hydrogen) atoms. The zero-order valence-corrected chi connectivity index (χ0v) is 29.1. The van der Waals surface area contributed by atoms with E-state index in [0.29, 0.717) is 12.8 Å². The van der Waals surface area contributed by atoms with Crippen LogP contribution in [0.15, 0.2) is 89.7 Å². The standard InChI is InChI=1S/C35H53ClN2O3Si/c1-27(22-24-29-18-12-11-13-19-29)17-14-15-21-31(39)38-32(34(3,4)5)33(40)37-26-16-20-30(25-23-28(2)36)41-42(9,10)35(6,7)8/h11-19,21-23,26,30,32H,20,24-25H2,1-10H3,(H,37,40)(H,38,39)/b17-14-,21-15-,26-16-,27-22+,28-23+/t30-,32-/m1/s1. The van der Waals surface area contributed by atoms with E-state index < -0.39 is 19.8 Å². The van der Waals surface area contributed by atoms with Crippen molar-refractivity contribution in [2.24, 2.45) is 5.41 Å². The molecule has 232 valence electrons. The molecule has 0 aliphatic heterocycles. The van der Waals surface area contributed by atoms with Crippen LogP contribution in [-0.4, -0.2) is 32.3 Å². The summed E-state index contributed by atoms with van der Waals surface area (Å²) in [6.45, 7) is 20.8. The van der Waals surface area contributed by atoms with Crippen LogP contribution in [0.2, 0.25) is 18.1 Å². The van der Waals surface area contributed by atoms with Gasteiger partial charge in [-0.25, -0.2) is 0 Å². The van der Waals surface area contributed by atoms with Gasteiger partial charge in [0, 0.05) is 11.1 Å². The smallest absolute Gasteiger partial charge is 0.247 e. The largest absolute Gasteiger partial charge is 0.413 e. The van der Waals surface area contributed by atoms with Crippen molar-refractivity contribution in [1.29, 1.82) is 0 Å². The van der Waals surface area contributed by atoms with Gasteiger partial charge in [0.25, 0.3) is 0 Å². The highest BCUT2D eigenvalue weighted by atomic mass is 35.5. The molecule has 2 N–H and O–H groups in total. The lowest BCUT2D eigenvalue weighted by Crippen LogP contribution is -2.52. The van der Waals surface area contributed by atoms with Gasteiger partial charge in [-0.1, -0.05) is 126 Å². The number of rotatable bonds is 14. The molecule has 0 radical (unpaired) electrons. The Bertz CT molecular complexity index is 1150. The van der Waals surface area contributed by atoms with Gasteiger partial charge in [-0.3, -0.25) is 9.59 Å². The van der Waals surface area contributed by atoms with Gasteiger partial charge in [-0.15, -0.1) is 0 Å². The number of halogens is 1. The average Bonchev–Trinajstić information content (AvgIpc) is 2.88. The van der Waals surface area contributed by atoms with Crippen LogP contribution >= 0.6 is 11.6 Å². The Morgan fingerprint density at radius 1 is 0.952 bits per heavy atom. The fraction of sp³-hybridized carbons (Fsp3) is 0.486. The first kappa shape index (κ1) is 37.4. The van der Waals surface area contributed by atoms with Gasteiger partial charge < -0.3 is 15.1 Å². The summed E-state index contributed by atoms with van der Waals surface area (Å²) in [6.07, 6.45) is 16.7. The molecule has 0 unspecified atom stereocenters. The van der Waals surface area contributed by atoms with Crippen molar-refractivity contribution in [3.05, 3.63) is 95.2 Å². The third kappa shape index (κ3) is 15.0. The van der Waals surface area contributed by atoms with Crippen molar-refractivity contribution in [3.8, 4) is 0 Å². The first-order chi connectivity index (χ1) is 19.4. The molecule has 0 spiro atoms. The van der Waals surface area contributed by atoms with Crippen molar-refractivity contribution in [3.63, 3.8) is 0 Å². The fourth-order valence-electron chi connectivity index (χ4n) is 3.70. The van der Waals surface area contributed by atoms with Crippen LogP contribution in [-0.2, 0) is 20.4 Å². The minimum atomic E-state index is -1.98. The summed E-state index contributed by atoms with van der Waals surface area (Å²) in [5, 5.41) is 6.53. The fourth-order valence-corrected chi connectivity index (χ4v) is 5.17. The third-order valence-electron chi connectivity index (χ3n) is 7.31. The molecule has 0 saturated carbocycles. The molecule has 0 saturated heterocycles. The molecule has 1 aromatic carbocycles. The SMILES string of the molecule is C/C(Cl)=C\C[C@@H](C/C=C\NC(=O)[C@@H](NC(=O)\C=C/C=C\C(C)=C\Cc1ccccc1)C(C)(C)C)O[Si](C)(C)C(C)(C)C. The van der Waals surface area contributed by atoms with E-state index in [-0.39, 0.29) is 23.0 Å². The predicted octanol–water partition coefficient (Wildman–Crippen LogP) is 8.76. The van der Waals surface area contributed by atoms with Crippen molar-refractivity contribution >= 4 is 31.7 Å². The molecule has 0 fully saturated rings. The molecular weight excluding hydrogens is 560 g/mol. The van der Waals surface area contributed by atoms with E-state index in [1.807, 2.05) is 77.1 Å². The first-order valence-electron chi connectivity index (χ1n) is 14.7. The van der Waals surface area contributed by atoms with Crippen LogP contribution in [0.5, 0.6) is 0 Å². The summed E-state index contributed by atoms with van der Waals surface area (Å²) < 4.78 is 6.61. The number of amides is 2. The third-order valence-corrected chi connectivity index (χ3v) is 12.0. The summed E-state index contributed by atoms with van der Waals surface area (Å²) in [6, 6.07) is 9.54. The van der Waals surface area contributed by atoms with Gasteiger partial charge in [0.2, 0.25) is 11.8 Å². The van der Waals surface area contributed by atoms with E-state index in [4.69, 9.17) is 16.0 Å². The maximum atomic E-state index is 13.1. The number of allylic oxidation sites excluding steroid dienone is 6. The molecular formula is C35H53ClN2O3Si. The number of benzene rings is 1. The van der Waals surface area contributed by atoms with Gasteiger partial charge in [0.1, 0.15) is 6.04 Å². The molecule has 0 heterocycles. The summed E-state index contributed by atoms with van der Waals surface area (Å²) >= 11 is 6.09. The Morgan fingerprint density at radius 2 is 1.57 bits per heavy atom. The van der Waals surface area contributed by atoms with E-state index >= 15 is 0 Å². The van der Waals surface area contributed by atoms with Crippen LogP contribution in [0.1, 0.15) is 73.8 Å². The van der Waals surface area contributed by atoms with E-state index in [9.17, 15) is 9.59 Å². The minimum Gasteiger partial charge on any atom is -0.413 e. The van der Waals surface area contributed by atoms with E-state index in [0.717, 1.165) is 17.0 Å². The highest BCUT2D eigenvalue weighted by Crippen LogP contribution is 2.38. The zero-order valence-electron chi connectivity index (χ0n) is 27.4. The van der Waals surface area contributed by atoms with E-state index in [2.05, 4.69) is 62.7 Å². The quantitative estimate of drug-likeness (QED) is 0.125. The van der Waals surface area contributed by atoms with Crippen LogP contribution in [0.3, 0.4) is 0 Å². The van der Waals surface area contributed by atoms with Crippen LogP contribution in [0.4, 0.5) is 0 Å². The molecule has 2 amide bonds.